The molecule has 0 spiro atoms. The number of ether oxygens (including phenoxy) is 1. The first-order valence-electron chi connectivity index (χ1n) is 11.3. The van der Waals surface area contributed by atoms with Crippen molar-refractivity contribution >= 4 is 40.0 Å². The minimum Gasteiger partial charge on any atom is -0.497 e. The molecular formula is C26H27N5O3S. The minimum atomic E-state index is -0.157. The highest BCUT2D eigenvalue weighted by molar-refractivity contribution is 7.99. The molecule has 1 heterocycles. The van der Waals surface area contributed by atoms with E-state index < -0.39 is 0 Å². The van der Waals surface area contributed by atoms with Crippen LogP contribution in [0.15, 0.2) is 71.9 Å². The van der Waals surface area contributed by atoms with Gasteiger partial charge in [-0.05, 0) is 54.1 Å². The van der Waals surface area contributed by atoms with Crippen molar-refractivity contribution in [1.29, 1.82) is 0 Å². The number of nitrogens with zero attached hydrogens (tertiary/aromatic N) is 3. The van der Waals surface area contributed by atoms with E-state index in [0.717, 1.165) is 22.3 Å². The number of anilines is 1. The van der Waals surface area contributed by atoms with Gasteiger partial charge in [0, 0.05) is 30.8 Å². The summed E-state index contributed by atoms with van der Waals surface area (Å²) in [4.78, 5) is 24.9. The van der Waals surface area contributed by atoms with Crippen LogP contribution >= 0.6 is 11.8 Å². The fraction of sp³-hybridized carbons (Fsp3) is 0.231. The van der Waals surface area contributed by atoms with Crippen LogP contribution in [0.5, 0.6) is 5.75 Å². The summed E-state index contributed by atoms with van der Waals surface area (Å²) < 4.78 is 7.08. The second kappa shape index (κ2) is 11.5. The largest absolute Gasteiger partial charge is 0.497 e. The van der Waals surface area contributed by atoms with Crippen LogP contribution in [-0.2, 0) is 17.8 Å². The Labute approximate surface area is 208 Å². The zero-order valence-corrected chi connectivity index (χ0v) is 20.5. The van der Waals surface area contributed by atoms with Gasteiger partial charge in [-0.25, -0.2) is 0 Å². The Balaban J connectivity index is 1.28. The highest BCUT2D eigenvalue weighted by Gasteiger charge is 2.14. The first kappa shape index (κ1) is 24.3. The molecule has 0 bridgehead atoms. The van der Waals surface area contributed by atoms with Crippen LogP contribution in [0.4, 0.5) is 5.69 Å². The molecule has 2 amide bonds. The average Bonchev–Trinajstić information content (AvgIpc) is 3.29. The predicted octanol–water partition coefficient (Wildman–Crippen LogP) is 4.16. The quantitative estimate of drug-likeness (QED) is 0.325. The Bertz CT molecular complexity index is 1320. The maximum Gasteiger partial charge on any atom is 0.251 e. The van der Waals surface area contributed by atoms with Crippen molar-refractivity contribution in [2.45, 2.75) is 25.0 Å². The number of carbonyl (C=O) groups excluding carboxylic acids is 2. The molecule has 0 aliphatic carbocycles. The number of nitrogens with one attached hydrogen (secondary N) is 2. The molecule has 0 saturated carbocycles. The molecule has 4 rings (SSSR count). The summed E-state index contributed by atoms with van der Waals surface area (Å²) in [5.74, 6) is 1.42. The molecule has 35 heavy (non-hydrogen) atoms. The number of carbonyl (C=O) groups is 2. The van der Waals surface area contributed by atoms with Gasteiger partial charge in [0.15, 0.2) is 5.16 Å². The van der Waals surface area contributed by atoms with Gasteiger partial charge in [-0.15, -0.1) is 10.2 Å². The van der Waals surface area contributed by atoms with Crippen molar-refractivity contribution in [2.75, 3.05) is 24.7 Å². The molecule has 0 radical (unpaired) electrons. The van der Waals surface area contributed by atoms with E-state index >= 15 is 0 Å². The molecule has 3 aromatic carbocycles. The summed E-state index contributed by atoms with van der Waals surface area (Å²) >= 11 is 1.34. The third kappa shape index (κ3) is 6.19. The Morgan fingerprint density at radius 3 is 2.51 bits per heavy atom. The molecule has 9 heteroatoms. The number of hydrogen-bond donors (Lipinski definition) is 2. The van der Waals surface area contributed by atoms with Gasteiger partial charge in [-0.2, -0.15) is 0 Å². The summed E-state index contributed by atoms with van der Waals surface area (Å²) in [6.07, 6.45) is 0.534. The molecule has 4 aromatic rings. The average molecular weight is 490 g/mol. The zero-order valence-electron chi connectivity index (χ0n) is 19.7. The number of fused-ring (bicyclic) bond motifs is 1. The Kier molecular flexibility index (Phi) is 7.99. The Morgan fingerprint density at radius 1 is 1.00 bits per heavy atom. The summed E-state index contributed by atoms with van der Waals surface area (Å²) in [5.41, 5.74) is 1.33. The molecule has 0 fully saturated rings. The standard InChI is InChI=1S/C26H27N5O3S/c1-3-31-23(14-15-27-25(33)19-9-12-22(34-2)13-10-19)29-30-26(31)35-17-24(32)28-21-11-8-18-6-4-5-7-20(18)16-21/h4-13,16H,3,14-15,17H2,1-2H3,(H,27,33)(H,28,32). The number of benzene rings is 3. The van der Waals surface area contributed by atoms with Gasteiger partial charge in [0.25, 0.3) is 5.91 Å². The number of aromatic nitrogens is 3. The third-order valence-corrected chi connectivity index (χ3v) is 6.43. The molecule has 2 N–H and O–H groups in total. The predicted molar refractivity (Wildman–Crippen MR) is 138 cm³/mol. The van der Waals surface area contributed by atoms with Gasteiger partial charge >= 0.3 is 0 Å². The summed E-state index contributed by atoms with van der Waals surface area (Å²) in [6, 6.07) is 20.8. The Hall–Kier alpha value is -3.85. The minimum absolute atomic E-state index is 0.107. The van der Waals surface area contributed by atoms with Crippen molar-refractivity contribution in [3.05, 3.63) is 78.1 Å². The molecule has 180 valence electrons. The second-order valence-electron chi connectivity index (χ2n) is 7.78. The fourth-order valence-corrected chi connectivity index (χ4v) is 4.48. The molecule has 0 aliphatic rings. The summed E-state index contributed by atoms with van der Waals surface area (Å²) in [5, 5.41) is 17.3. The van der Waals surface area contributed by atoms with E-state index in [1.54, 1.807) is 31.4 Å². The van der Waals surface area contributed by atoms with Crippen molar-refractivity contribution in [2.24, 2.45) is 0 Å². The highest BCUT2D eigenvalue weighted by Crippen LogP contribution is 2.21. The lowest BCUT2D eigenvalue weighted by molar-refractivity contribution is -0.113. The molecule has 0 unspecified atom stereocenters. The summed E-state index contributed by atoms with van der Waals surface area (Å²) in [6.45, 7) is 3.10. The van der Waals surface area contributed by atoms with E-state index in [4.69, 9.17) is 4.74 Å². The van der Waals surface area contributed by atoms with Gasteiger partial charge in [0.05, 0.1) is 12.9 Å². The third-order valence-electron chi connectivity index (χ3n) is 5.46. The van der Waals surface area contributed by atoms with E-state index in [1.807, 2.05) is 54.0 Å². The van der Waals surface area contributed by atoms with Gasteiger partial charge < -0.3 is 19.9 Å². The van der Waals surface area contributed by atoms with Gasteiger partial charge in [-0.1, -0.05) is 42.1 Å². The van der Waals surface area contributed by atoms with Crippen LogP contribution in [0.3, 0.4) is 0 Å². The first-order valence-corrected chi connectivity index (χ1v) is 12.3. The molecule has 0 saturated heterocycles. The zero-order chi connectivity index (χ0) is 24.6. The van der Waals surface area contributed by atoms with Crippen molar-refractivity contribution in [1.82, 2.24) is 20.1 Å². The number of hydrogen-bond acceptors (Lipinski definition) is 6. The maximum atomic E-state index is 12.5. The van der Waals surface area contributed by atoms with E-state index in [-0.39, 0.29) is 17.6 Å². The highest BCUT2D eigenvalue weighted by atomic mass is 32.2. The van der Waals surface area contributed by atoms with Crippen molar-refractivity contribution in [3.8, 4) is 5.75 Å². The van der Waals surface area contributed by atoms with E-state index in [0.29, 0.717) is 36.0 Å². The lowest BCUT2D eigenvalue weighted by atomic mass is 10.1. The van der Waals surface area contributed by atoms with Crippen LogP contribution < -0.4 is 15.4 Å². The van der Waals surface area contributed by atoms with Gasteiger partial charge in [0.1, 0.15) is 11.6 Å². The molecular weight excluding hydrogens is 462 g/mol. The topological polar surface area (TPSA) is 98.1 Å². The van der Waals surface area contributed by atoms with E-state index in [1.165, 1.54) is 11.8 Å². The van der Waals surface area contributed by atoms with Crippen LogP contribution in [0.2, 0.25) is 0 Å². The van der Waals surface area contributed by atoms with Crippen molar-refractivity contribution < 1.29 is 14.3 Å². The van der Waals surface area contributed by atoms with Crippen LogP contribution in [0.1, 0.15) is 23.1 Å². The monoisotopic (exact) mass is 489 g/mol. The Morgan fingerprint density at radius 2 is 1.77 bits per heavy atom. The second-order valence-corrected chi connectivity index (χ2v) is 8.72. The normalized spacial score (nSPS) is 10.8. The molecule has 0 atom stereocenters. The first-order chi connectivity index (χ1) is 17.1. The number of amides is 2. The van der Waals surface area contributed by atoms with E-state index in [9.17, 15) is 9.59 Å². The lowest BCUT2D eigenvalue weighted by Gasteiger charge is -2.09. The molecule has 0 aliphatic heterocycles. The van der Waals surface area contributed by atoms with Crippen LogP contribution in [0, 0.1) is 0 Å². The lowest BCUT2D eigenvalue weighted by Crippen LogP contribution is -2.26. The smallest absolute Gasteiger partial charge is 0.251 e. The van der Waals surface area contributed by atoms with Gasteiger partial charge in [-0.3, -0.25) is 9.59 Å². The molecule has 1 aromatic heterocycles. The fourth-order valence-electron chi connectivity index (χ4n) is 3.65. The molecule has 8 nitrogen and oxygen atoms in total. The summed E-state index contributed by atoms with van der Waals surface area (Å²) in [7, 11) is 1.59. The van der Waals surface area contributed by atoms with E-state index in [2.05, 4.69) is 20.8 Å². The number of methoxy groups -OCH3 is 1. The van der Waals surface area contributed by atoms with Gasteiger partial charge in [0.2, 0.25) is 5.91 Å². The van der Waals surface area contributed by atoms with Crippen LogP contribution in [0.25, 0.3) is 10.8 Å². The number of thioether (sulfide) groups is 1. The number of rotatable bonds is 10. The van der Waals surface area contributed by atoms with Crippen LogP contribution in [-0.4, -0.2) is 46.0 Å². The maximum absolute atomic E-state index is 12.5. The SMILES string of the molecule is CCn1c(CCNC(=O)c2ccc(OC)cc2)nnc1SCC(=O)Nc1ccc2ccccc2c1. The van der Waals surface area contributed by atoms with Crippen molar-refractivity contribution in [3.63, 3.8) is 0 Å².